The van der Waals surface area contributed by atoms with Crippen LogP contribution in [0.15, 0.2) is 54.1 Å². The van der Waals surface area contributed by atoms with Crippen molar-refractivity contribution < 1.29 is 52.7 Å². The van der Waals surface area contributed by atoms with E-state index in [0.717, 1.165) is 11.1 Å². The number of fused-ring (bicyclic) bond motifs is 5. The van der Waals surface area contributed by atoms with Crippen LogP contribution >= 0.6 is 11.6 Å². The summed E-state index contributed by atoms with van der Waals surface area (Å²) in [5.41, 5.74) is 5.73. The first-order valence-corrected chi connectivity index (χ1v) is 18.8. The molecule has 3 aliphatic heterocycles. The molecule has 8 atom stereocenters. The minimum atomic E-state index is -1.60. The lowest BCUT2D eigenvalue weighted by molar-refractivity contribution is -0.187. The third-order valence-electron chi connectivity index (χ3n) is 11.2. The van der Waals surface area contributed by atoms with Gasteiger partial charge >= 0.3 is 11.9 Å². The molecule has 0 aromatic heterocycles. The summed E-state index contributed by atoms with van der Waals surface area (Å²) < 4.78 is 34.7. The molecule has 304 valence electrons. The molecule has 3 N–H and O–H groups in total. The van der Waals surface area contributed by atoms with Gasteiger partial charge in [-0.25, -0.2) is 4.79 Å². The number of nitrogens with two attached hydrogens (primary N) is 1. The molecule has 3 aliphatic rings. The third-order valence-corrected chi connectivity index (χ3v) is 11.6. The predicted octanol–water partition coefficient (Wildman–Crippen LogP) is 4.67. The molecule has 0 unspecified atom stereocenters. The zero-order chi connectivity index (χ0) is 41.3. The largest absolute Gasteiger partial charge is 0.497 e. The second kappa shape index (κ2) is 16.8. The normalized spacial score (nSPS) is 30.2. The van der Waals surface area contributed by atoms with Crippen molar-refractivity contribution in [3.05, 3.63) is 70.3 Å². The second-order valence-corrected chi connectivity index (χ2v) is 15.5. The number of amides is 2. The summed E-state index contributed by atoms with van der Waals surface area (Å²) >= 11 is 6.78. The number of hydrogen-bond acceptors (Lipinski definition) is 12. The first-order chi connectivity index (χ1) is 26.4. The summed E-state index contributed by atoms with van der Waals surface area (Å²) in [5, 5.41) is 12.1. The van der Waals surface area contributed by atoms with Gasteiger partial charge in [0.25, 0.3) is 5.91 Å². The van der Waals surface area contributed by atoms with Gasteiger partial charge < -0.3 is 49.1 Å². The lowest BCUT2D eigenvalue weighted by Gasteiger charge is -2.41. The highest BCUT2D eigenvalue weighted by Gasteiger charge is 2.64. The van der Waals surface area contributed by atoms with Crippen LogP contribution in [-0.2, 0) is 39.8 Å². The minimum Gasteiger partial charge on any atom is -0.497 e. The number of hydrogen-bond donors (Lipinski definition) is 2. The number of carbonyl (C=O) groups is 4. The van der Waals surface area contributed by atoms with Gasteiger partial charge in [-0.15, -0.1) is 0 Å². The number of likely N-dealkylation sites (N-methyl/N-ethyl adjacent to an activating group) is 1. The fourth-order valence-corrected chi connectivity index (χ4v) is 7.80. The van der Waals surface area contributed by atoms with E-state index < -0.39 is 71.3 Å². The molecule has 14 nitrogen and oxygen atoms in total. The monoisotopic (exact) mass is 797 g/mol. The molecular weight excluding hydrogens is 746 g/mol. The Morgan fingerprint density at radius 2 is 1.86 bits per heavy atom. The van der Waals surface area contributed by atoms with Gasteiger partial charge in [0.05, 0.1) is 44.4 Å². The van der Waals surface area contributed by atoms with Gasteiger partial charge in [0, 0.05) is 45.3 Å². The molecule has 2 amide bonds. The summed E-state index contributed by atoms with van der Waals surface area (Å²) in [7, 11) is 7.44. The molecule has 2 aromatic rings. The van der Waals surface area contributed by atoms with E-state index >= 15 is 0 Å². The average Bonchev–Trinajstić information content (AvgIpc) is 3.86. The van der Waals surface area contributed by atoms with Gasteiger partial charge in [-0.2, -0.15) is 0 Å². The Kier molecular flexibility index (Phi) is 12.8. The molecule has 56 heavy (non-hydrogen) atoms. The molecule has 15 heteroatoms. The van der Waals surface area contributed by atoms with E-state index in [9.17, 15) is 24.3 Å². The number of anilines is 2. The Morgan fingerprint density at radius 1 is 1.14 bits per heavy atom. The summed E-state index contributed by atoms with van der Waals surface area (Å²) in [6.07, 6.45) is 1.71. The molecule has 2 aromatic carbocycles. The Bertz CT molecular complexity index is 1920. The molecule has 2 fully saturated rings. The number of epoxide rings is 1. The molecule has 0 aliphatic carbocycles. The number of nitrogen functional groups attached to an aromatic ring is 1. The van der Waals surface area contributed by atoms with Gasteiger partial charge in [0.15, 0.2) is 0 Å². The molecule has 5 rings (SSSR count). The molecule has 2 saturated heterocycles. The Balaban J connectivity index is 1.52. The standard InChI is InChI=1S/C41H52ClN3O11/c1-22-11-10-12-32(53-9)41(50)20-31(54-35(47)21-41)23(2)37-40(4,56-37)33(19-34(46)45(6)29-16-25(15-22)17-30(52-8)36(29)42)55-39(49)24(3)44(5)38(48)27-14-13-26(51-7)18-28(27)43/h10-14,16-18,23-24,31-33,37,50H,15,19-21,43H2,1-9H3/b12-10+,22-11+/t23-,24+,31+,32-,33+,37+,40+,41-/m1/s1. The predicted molar refractivity (Wildman–Crippen MR) is 209 cm³/mol. The Morgan fingerprint density at radius 3 is 2.50 bits per heavy atom. The van der Waals surface area contributed by atoms with Crippen molar-refractivity contribution in [2.24, 2.45) is 5.92 Å². The van der Waals surface area contributed by atoms with Gasteiger partial charge in [-0.1, -0.05) is 42.3 Å². The zero-order valence-corrected chi connectivity index (χ0v) is 34.0. The van der Waals surface area contributed by atoms with E-state index in [2.05, 4.69) is 0 Å². The topological polar surface area (TPSA) is 180 Å². The van der Waals surface area contributed by atoms with E-state index in [-0.39, 0.29) is 35.5 Å². The SMILES string of the molecule is COc1ccc(C(=O)N(C)[C@@H](C)C(=O)O[C@H]2CC(=O)N(C)c3cc(cc(OC)c3Cl)C/C(C)=C/C=C/[C@@H](OC)[C@]3(O)CC(=O)O[C@@H](C3)[C@@H](C)[C@@H]3O[C@@]23C)c(N)c1. The number of rotatable bonds is 7. The first kappa shape index (κ1) is 42.5. The van der Waals surface area contributed by atoms with Crippen molar-refractivity contribution >= 4 is 46.7 Å². The summed E-state index contributed by atoms with van der Waals surface area (Å²) in [6.45, 7) is 6.95. The van der Waals surface area contributed by atoms with Gasteiger partial charge in [-0.05, 0) is 57.0 Å². The van der Waals surface area contributed by atoms with Crippen molar-refractivity contribution in [2.45, 2.75) is 95.0 Å². The number of nitrogens with zero attached hydrogens (tertiary/aromatic N) is 2. The van der Waals surface area contributed by atoms with Crippen molar-refractivity contribution in [2.75, 3.05) is 46.1 Å². The Hall–Kier alpha value is -4.63. The van der Waals surface area contributed by atoms with E-state index in [0.29, 0.717) is 23.6 Å². The van der Waals surface area contributed by atoms with Crippen LogP contribution in [0.5, 0.6) is 11.5 Å². The number of ether oxygens (including phenoxy) is 6. The maximum Gasteiger partial charge on any atom is 0.328 e. The number of aliphatic hydroxyl groups is 1. The fourth-order valence-electron chi connectivity index (χ4n) is 7.48. The number of carbonyl (C=O) groups excluding carboxylic acids is 4. The van der Waals surface area contributed by atoms with Crippen molar-refractivity contribution in [1.29, 1.82) is 0 Å². The molecule has 0 radical (unpaired) electrons. The maximum absolute atomic E-state index is 14.2. The summed E-state index contributed by atoms with van der Waals surface area (Å²) in [6, 6.07) is 7.07. The molecular formula is C41H52ClN3O11. The van der Waals surface area contributed by atoms with Crippen LogP contribution in [0.3, 0.4) is 0 Å². The van der Waals surface area contributed by atoms with Crippen LogP contribution in [-0.4, -0.2) is 111 Å². The van der Waals surface area contributed by atoms with E-state index in [1.54, 1.807) is 44.3 Å². The quantitative estimate of drug-likeness (QED) is 0.225. The molecule has 0 spiro atoms. The lowest BCUT2D eigenvalue weighted by atomic mass is 9.78. The van der Waals surface area contributed by atoms with Crippen molar-refractivity contribution in [3.63, 3.8) is 0 Å². The van der Waals surface area contributed by atoms with Gasteiger partial charge in [0.1, 0.15) is 52.1 Å². The maximum atomic E-state index is 14.2. The third kappa shape index (κ3) is 8.68. The summed E-state index contributed by atoms with van der Waals surface area (Å²) in [4.78, 5) is 57.3. The van der Waals surface area contributed by atoms with E-state index in [1.807, 2.05) is 19.9 Å². The van der Waals surface area contributed by atoms with Crippen molar-refractivity contribution in [3.8, 4) is 11.5 Å². The van der Waals surface area contributed by atoms with Crippen LogP contribution in [0.2, 0.25) is 5.02 Å². The van der Waals surface area contributed by atoms with E-state index in [4.69, 9.17) is 45.8 Å². The molecule has 0 saturated carbocycles. The van der Waals surface area contributed by atoms with Crippen LogP contribution in [0.25, 0.3) is 0 Å². The molecule has 3 heterocycles. The highest BCUT2D eigenvalue weighted by molar-refractivity contribution is 6.35. The van der Waals surface area contributed by atoms with Gasteiger partial charge in [-0.3, -0.25) is 14.4 Å². The minimum absolute atomic E-state index is 0.0378. The second-order valence-electron chi connectivity index (χ2n) is 15.1. The smallest absolute Gasteiger partial charge is 0.328 e. The zero-order valence-electron chi connectivity index (χ0n) is 33.3. The van der Waals surface area contributed by atoms with Crippen molar-refractivity contribution in [1.82, 2.24) is 4.90 Å². The highest BCUT2D eigenvalue weighted by Crippen LogP contribution is 2.50. The molecule has 4 bridgehead atoms. The van der Waals surface area contributed by atoms with Crippen LogP contribution in [0, 0.1) is 5.92 Å². The fraction of sp³-hybridized carbons (Fsp3) is 0.512. The number of halogens is 1. The van der Waals surface area contributed by atoms with Crippen LogP contribution in [0.1, 0.15) is 62.9 Å². The number of esters is 2. The van der Waals surface area contributed by atoms with Gasteiger partial charge in [0.2, 0.25) is 5.91 Å². The first-order valence-electron chi connectivity index (χ1n) is 18.4. The van der Waals surface area contributed by atoms with E-state index in [1.165, 1.54) is 57.2 Å². The highest BCUT2D eigenvalue weighted by atomic mass is 35.5. The average molecular weight is 798 g/mol. The number of methoxy groups -OCH3 is 3. The van der Waals surface area contributed by atoms with Crippen LogP contribution < -0.4 is 20.1 Å². The lowest BCUT2D eigenvalue weighted by Crippen LogP contribution is -2.53. The number of benzene rings is 2. The van der Waals surface area contributed by atoms with Crippen LogP contribution in [0.4, 0.5) is 11.4 Å². The Labute approximate surface area is 332 Å². The number of allylic oxidation sites excluding steroid dienone is 3. The summed E-state index contributed by atoms with van der Waals surface area (Å²) in [5.74, 6) is -2.08.